The second-order valence-corrected chi connectivity index (χ2v) is 5.39. The topological polar surface area (TPSA) is 59.5 Å². The largest absolute Gasteiger partial charge is 0.452 e. The smallest absolute Gasteiger partial charge is 0.341 e. The number of aromatic nitrogens is 1. The van der Waals surface area contributed by atoms with Crippen LogP contribution in [0, 0.1) is 0 Å². The third-order valence-electron chi connectivity index (χ3n) is 2.69. The number of rotatable bonds is 6. The van der Waals surface area contributed by atoms with Crippen molar-refractivity contribution in [1.82, 2.24) is 9.88 Å². The molecule has 0 aromatic carbocycles. The van der Waals surface area contributed by atoms with E-state index in [9.17, 15) is 18.4 Å². The molecule has 0 saturated heterocycles. The van der Waals surface area contributed by atoms with Crippen molar-refractivity contribution in [2.75, 3.05) is 13.7 Å². The summed E-state index contributed by atoms with van der Waals surface area (Å²) in [6.45, 7) is 3.19. The average molecular weight is 318 g/mol. The lowest BCUT2D eigenvalue weighted by Crippen LogP contribution is -2.36. The second-order valence-electron chi connectivity index (χ2n) is 4.41. The summed E-state index contributed by atoms with van der Waals surface area (Å²) in [5.41, 5.74) is -0.0807. The van der Waals surface area contributed by atoms with Crippen molar-refractivity contribution in [2.24, 2.45) is 0 Å². The fourth-order valence-electron chi connectivity index (χ4n) is 1.32. The van der Waals surface area contributed by atoms with Crippen molar-refractivity contribution in [3.8, 4) is 0 Å². The molecule has 0 bridgehead atoms. The van der Waals surface area contributed by atoms with Gasteiger partial charge in [-0.25, -0.2) is 9.78 Å². The van der Waals surface area contributed by atoms with E-state index in [1.165, 1.54) is 23.2 Å². The fourth-order valence-corrected chi connectivity index (χ4v) is 1.89. The van der Waals surface area contributed by atoms with Crippen LogP contribution in [0.3, 0.4) is 0 Å². The number of alkyl halides is 2. The van der Waals surface area contributed by atoms with Crippen LogP contribution in [0.1, 0.15) is 24.2 Å². The fraction of sp³-hybridized carbons (Fsp3) is 0.462. The first-order valence-electron chi connectivity index (χ1n) is 6.15. The van der Waals surface area contributed by atoms with Crippen LogP contribution < -0.4 is 0 Å². The standard InChI is InChI=1S/C13H16F2N2O3S/c1-8(2)17(3)10(18)7-20-12(19)9-5-4-6-16-11(9)21-13(14)15/h4-6,8,13H,7H2,1-3H3. The van der Waals surface area contributed by atoms with Gasteiger partial charge in [0.15, 0.2) is 6.61 Å². The van der Waals surface area contributed by atoms with E-state index in [4.69, 9.17) is 4.74 Å². The van der Waals surface area contributed by atoms with Crippen molar-refractivity contribution in [1.29, 1.82) is 0 Å². The van der Waals surface area contributed by atoms with Crippen molar-refractivity contribution >= 4 is 23.6 Å². The number of carbonyl (C=O) groups is 2. The van der Waals surface area contributed by atoms with Gasteiger partial charge in [-0.05, 0) is 37.7 Å². The zero-order valence-electron chi connectivity index (χ0n) is 11.9. The first kappa shape index (κ1) is 17.4. The molecule has 0 aliphatic rings. The maximum absolute atomic E-state index is 12.4. The third kappa shape index (κ3) is 5.30. The Morgan fingerprint density at radius 2 is 2.10 bits per heavy atom. The number of hydrogen-bond acceptors (Lipinski definition) is 5. The third-order valence-corrected chi connectivity index (χ3v) is 3.41. The van der Waals surface area contributed by atoms with Crippen LogP contribution in [0.4, 0.5) is 8.78 Å². The van der Waals surface area contributed by atoms with E-state index in [2.05, 4.69) is 4.98 Å². The highest BCUT2D eigenvalue weighted by molar-refractivity contribution is 7.99. The van der Waals surface area contributed by atoms with E-state index in [1.807, 2.05) is 13.8 Å². The lowest BCUT2D eigenvalue weighted by atomic mass is 10.3. The lowest BCUT2D eigenvalue weighted by Gasteiger charge is -2.21. The van der Waals surface area contributed by atoms with E-state index < -0.39 is 18.3 Å². The number of likely N-dealkylation sites (N-methyl/N-ethyl adjacent to an activating group) is 1. The first-order valence-corrected chi connectivity index (χ1v) is 7.03. The van der Waals surface area contributed by atoms with Gasteiger partial charge in [-0.3, -0.25) is 4.79 Å². The predicted octanol–water partition coefficient (Wildman–Crippen LogP) is 2.42. The van der Waals surface area contributed by atoms with Crippen LogP contribution in [0.25, 0.3) is 0 Å². The van der Waals surface area contributed by atoms with Crippen molar-refractivity contribution in [3.05, 3.63) is 23.9 Å². The van der Waals surface area contributed by atoms with Gasteiger partial charge in [0, 0.05) is 19.3 Å². The molecule has 0 atom stereocenters. The van der Waals surface area contributed by atoms with Gasteiger partial charge in [-0.2, -0.15) is 8.78 Å². The molecule has 1 aromatic rings. The molecule has 0 aliphatic heterocycles. The maximum Gasteiger partial charge on any atom is 0.341 e. The lowest BCUT2D eigenvalue weighted by molar-refractivity contribution is -0.134. The Labute approximate surface area is 125 Å². The molecule has 8 heteroatoms. The zero-order valence-corrected chi connectivity index (χ0v) is 12.7. The quantitative estimate of drug-likeness (QED) is 0.595. The van der Waals surface area contributed by atoms with Gasteiger partial charge >= 0.3 is 5.97 Å². The Morgan fingerprint density at radius 1 is 1.43 bits per heavy atom. The molecule has 0 spiro atoms. The highest BCUT2D eigenvalue weighted by atomic mass is 32.2. The Morgan fingerprint density at radius 3 is 2.67 bits per heavy atom. The average Bonchev–Trinajstić information content (AvgIpc) is 2.43. The highest BCUT2D eigenvalue weighted by Gasteiger charge is 2.20. The SMILES string of the molecule is CC(C)N(C)C(=O)COC(=O)c1cccnc1SC(F)F. The number of pyridine rings is 1. The molecular formula is C13H16F2N2O3S. The van der Waals surface area contributed by atoms with Crippen LogP contribution in [0.5, 0.6) is 0 Å². The number of hydrogen-bond donors (Lipinski definition) is 0. The number of halogens is 2. The zero-order chi connectivity index (χ0) is 16.0. The van der Waals surface area contributed by atoms with Gasteiger partial charge in [0.1, 0.15) is 5.03 Å². The molecule has 1 aromatic heterocycles. The van der Waals surface area contributed by atoms with Gasteiger partial charge in [0.05, 0.1) is 5.56 Å². The number of nitrogens with zero attached hydrogens (tertiary/aromatic N) is 2. The van der Waals surface area contributed by atoms with Crippen LogP contribution in [-0.4, -0.2) is 47.2 Å². The maximum atomic E-state index is 12.4. The summed E-state index contributed by atoms with van der Waals surface area (Å²) in [7, 11) is 1.59. The summed E-state index contributed by atoms with van der Waals surface area (Å²) in [4.78, 5) is 28.7. The number of amides is 1. The van der Waals surface area contributed by atoms with Gasteiger partial charge in [0.2, 0.25) is 0 Å². The molecule has 1 rings (SSSR count). The molecule has 0 saturated carbocycles. The van der Waals surface area contributed by atoms with Crippen LogP contribution >= 0.6 is 11.8 Å². The molecule has 0 radical (unpaired) electrons. The second kappa shape index (κ2) is 7.92. The molecule has 0 fully saturated rings. The predicted molar refractivity (Wildman–Crippen MR) is 74.3 cm³/mol. The summed E-state index contributed by atoms with van der Waals surface area (Å²) in [5.74, 6) is -3.91. The van der Waals surface area contributed by atoms with E-state index in [0.29, 0.717) is 0 Å². The summed E-state index contributed by atoms with van der Waals surface area (Å²) in [6, 6.07) is 2.74. The summed E-state index contributed by atoms with van der Waals surface area (Å²) >= 11 is 0.158. The van der Waals surface area contributed by atoms with Crippen LogP contribution in [0.2, 0.25) is 0 Å². The molecule has 21 heavy (non-hydrogen) atoms. The van der Waals surface area contributed by atoms with Crippen LogP contribution in [0.15, 0.2) is 23.4 Å². The van der Waals surface area contributed by atoms with Gasteiger partial charge in [-0.15, -0.1) is 0 Å². The molecule has 0 aliphatic carbocycles. The van der Waals surface area contributed by atoms with Gasteiger partial charge in [0.25, 0.3) is 11.7 Å². The number of ether oxygens (including phenoxy) is 1. The number of carbonyl (C=O) groups excluding carboxylic acids is 2. The van der Waals surface area contributed by atoms with E-state index in [-0.39, 0.29) is 34.3 Å². The van der Waals surface area contributed by atoms with Crippen LogP contribution in [-0.2, 0) is 9.53 Å². The minimum atomic E-state index is -2.69. The molecular weight excluding hydrogens is 302 g/mol. The molecule has 1 heterocycles. The summed E-state index contributed by atoms with van der Waals surface area (Å²) in [6.07, 6.45) is 1.30. The van der Waals surface area contributed by atoms with Gasteiger partial charge in [-0.1, -0.05) is 0 Å². The van der Waals surface area contributed by atoms with Crippen molar-refractivity contribution in [2.45, 2.75) is 30.7 Å². The Bertz CT molecular complexity index is 512. The molecule has 5 nitrogen and oxygen atoms in total. The Kier molecular flexibility index (Phi) is 6.54. The molecule has 116 valence electrons. The van der Waals surface area contributed by atoms with E-state index in [1.54, 1.807) is 7.05 Å². The minimum Gasteiger partial charge on any atom is -0.452 e. The normalized spacial score (nSPS) is 10.8. The minimum absolute atomic E-state index is 0.0282. The molecule has 0 N–H and O–H groups in total. The summed E-state index contributed by atoms with van der Waals surface area (Å²) < 4.78 is 29.6. The van der Waals surface area contributed by atoms with Gasteiger partial charge < -0.3 is 9.64 Å². The highest BCUT2D eigenvalue weighted by Crippen LogP contribution is 2.26. The molecule has 1 amide bonds. The Balaban J connectivity index is 2.70. The Hall–Kier alpha value is -1.70. The monoisotopic (exact) mass is 318 g/mol. The number of thioether (sulfide) groups is 1. The van der Waals surface area contributed by atoms with E-state index >= 15 is 0 Å². The van der Waals surface area contributed by atoms with E-state index in [0.717, 1.165) is 0 Å². The molecule has 0 unspecified atom stereocenters. The number of esters is 1. The summed E-state index contributed by atoms with van der Waals surface area (Å²) in [5, 5.41) is -0.123. The van der Waals surface area contributed by atoms with Crippen molar-refractivity contribution < 1.29 is 23.1 Å². The first-order chi connectivity index (χ1) is 9.82. The van der Waals surface area contributed by atoms with Crippen molar-refractivity contribution in [3.63, 3.8) is 0 Å².